The molecule has 3 N–H and O–H groups in total. The van der Waals surface area contributed by atoms with Crippen LogP contribution in [0.4, 0.5) is 5.82 Å². The second-order valence-corrected chi connectivity index (χ2v) is 4.17. The van der Waals surface area contributed by atoms with Crippen molar-refractivity contribution in [3.63, 3.8) is 0 Å². The van der Waals surface area contributed by atoms with Gasteiger partial charge in [-0.15, -0.1) is 0 Å². The molecule has 2 aromatic rings. The minimum absolute atomic E-state index is 0.435. The van der Waals surface area contributed by atoms with Crippen molar-refractivity contribution in [2.45, 2.75) is 13.8 Å². The lowest BCUT2D eigenvalue weighted by Crippen LogP contribution is -2.10. The summed E-state index contributed by atoms with van der Waals surface area (Å²) in [4.78, 5) is 19.2. The predicted molar refractivity (Wildman–Crippen MR) is 76.0 cm³/mol. The Morgan fingerprint density at radius 2 is 2.00 bits per heavy atom. The van der Waals surface area contributed by atoms with Crippen LogP contribution in [0.1, 0.15) is 22.8 Å². The molecule has 0 radical (unpaired) electrons. The number of anilines is 1. The highest BCUT2D eigenvalue weighted by Crippen LogP contribution is 2.26. The molecule has 6 nitrogen and oxygen atoms in total. The first-order valence-corrected chi connectivity index (χ1v) is 6.25. The summed E-state index contributed by atoms with van der Waals surface area (Å²) in [6.07, 6.45) is 1.44. The highest BCUT2D eigenvalue weighted by molar-refractivity contribution is 5.92. The smallest absolute Gasteiger partial charge is 0.248 e. The van der Waals surface area contributed by atoms with Gasteiger partial charge in [-0.3, -0.25) is 4.79 Å². The molecule has 1 heterocycles. The Balaban J connectivity index is 2.21. The third-order valence-corrected chi connectivity index (χ3v) is 2.74. The third kappa shape index (κ3) is 3.03. The van der Waals surface area contributed by atoms with Crippen LogP contribution in [-0.4, -0.2) is 22.4 Å². The van der Waals surface area contributed by atoms with Crippen molar-refractivity contribution in [1.82, 2.24) is 9.97 Å². The zero-order valence-corrected chi connectivity index (χ0v) is 11.4. The van der Waals surface area contributed by atoms with Crippen LogP contribution in [0.15, 0.2) is 30.6 Å². The molecule has 0 fully saturated rings. The zero-order valence-electron chi connectivity index (χ0n) is 11.4. The minimum atomic E-state index is -0.468. The van der Waals surface area contributed by atoms with Gasteiger partial charge in [-0.1, -0.05) is 0 Å². The summed E-state index contributed by atoms with van der Waals surface area (Å²) in [5.41, 5.74) is 6.45. The first-order chi connectivity index (χ1) is 9.61. The fourth-order valence-corrected chi connectivity index (χ4v) is 1.68. The number of rotatable bonds is 5. The van der Waals surface area contributed by atoms with E-state index in [1.54, 1.807) is 24.3 Å². The van der Waals surface area contributed by atoms with E-state index < -0.39 is 5.91 Å². The van der Waals surface area contributed by atoms with Crippen molar-refractivity contribution in [1.29, 1.82) is 0 Å². The quantitative estimate of drug-likeness (QED) is 0.870. The lowest BCUT2D eigenvalue weighted by atomic mass is 10.2. The van der Waals surface area contributed by atoms with Crippen molar-refractivity contribution in [3.05, 3.63) is 41.7 Å². The highest BCUT2D eigenvalue weighted by atomic mass is 16.5. The first kappa shape index (κ1) is 13.8. The molecule has 0 saturated carbocycles. The van der Waals surface area contributed by atoms with Crippen molar-refractivity contribution < 1.29 is 9.53 Å². The van der Waals surface area contributed by atoms with Crippen molar-refractivity contribution in [2.24, 2.45) is 5.73 Å². The van der Waals surface area contributed by atoms with Gasteiger partial charge in [0.05, 0.1) is 5.56 Å². The van der Waals surface area contributed by atoms with Gasteiger partial charge in [0.1, 0.15) is 17.9 Å². The standard InChI is InChI=1S/C14H16N4O2/c1-3-16-13-9(2)14(18-8-17-13)20-11-6-4-10(5-7-11)12(15)19/h4-8H,3H2,1-2H3,(H2,15,19)(H,16,17,18). The number of carbonyl (C=O) groups excluding carboxylic acids is 1. The van der Waals surface area contributed by atoms with Gasteiger partial charge in [-0.05, 0) is 38.1 Å². The van der Waals surface area contributed by atoms with Crippen molar-refractivity contribution in [3.8, 4) is 11.6 Å². The van der Waals surface area contributed by atoms with Gasteiger partial charge in [0.25, 0.3) is 0 Å². The van der Waals surface area contributed by atoms with Crippen molar-refractivity contribution >= 4 is 11.7 Å². The topological polar surface area (TPSA) is 90.1 Å². The summed E-state index contributed by atoms with van der Waals surface area (Å²) in [5.74, 6) is 1.33. The maximum Gasteiger partial charge on any atom is 0.248 e. The Bertz CT molecular complexity index is 611. The number of primary amides is 1. The molecule has 0 aliphatic rings. The van der Waals surface area contributed by atoms with E-state index in [0.717, 1.165) is 17.9 Å². The molecule has 2 rings (SSSR count). The minimum Gasteiger partial charge on any atom is -0.439 e. The molecule has 0 spiro atoms. The molecule has 104 valence electrons. The Kier molecular flexibility index (Phi) is 4.14. The summed E-state index contributed by atoms with van der Waals surface area (Å²) in [7, 11) is 0. The predicted octanol–water partition coefficient (Wildman–Crippen LogP) is 2.11. The molecule has 20 heavy (non-hydrogen) atoms. The van der Waals surface area contributed by atoms with E-state index in [9.17, 15) is 4.79 Å². The van der Waals surface area contributed by atoms with Gasteiger partial charge in [0.2, 0.25) is 11.8 Å². The maximum atomic E-state index is 11.0. The molecule has 0 saturated heterocycles. The van der Waals surface area contributed by atoms with E-state index in [1.807, 2.05) is 13.8 Å². The summed E-state index contributed by atoms with van der Waals surface area (Å²) >= 11 is 0. The molecule has 0 aliphatic carbocycles. The van der Waals surface area contributed by atoms with Crippen LogP contribution in [0.5, 0.6) is 11.6 Å². The lowest BCUT2D eigenvalue weighted by molar-refractivity contribution is 0.100. The van der Waals surface area contributed by atoms with Crippen LogP contribution >= 0.6 is 0 Å². The lowest BCUT2D eigenvalue weighted by Gasteiger charge is -2.11. The third-order valence-electron chi connectivity index (χ3n) is 2.74. The average Bonchev–Trinajstić information content (AvgIpc) is 2.44. The molecule has 6 heteroatoms. The number of aromatic nitrogens is 2. The van der Waals surface area contributed by atoms with E-state index in [0.29, 0.717) is 17.2 Å². The van der Waals surface area contributed by atoms with Gasteiger partial charge >= 0.3 is 0 Å². The van der Waals surface area contributed by atoms with E-state index in [-0.39, 0.29) is 0 Å². The first-order valence-electron chi connectivity index (χ1n) is 6.25. The molecule has 0 aliphatic heterocycles. The summed E-state index contributed by atoms with van der Waals surface area (Å²) in [6, 6.07) is 6.57. The number of benzene rings is 1. The fraction of sp³-hybridized carbons (Fsp3) is 0.214. The van der Waals surface area contributed by atoms with Gasteiger partial charge in [0, 0.05) is 12.1 Å². The number of hydrogen-bond donors (Lipinski definition) is 2. The SMILES string of the molecule is CCNc1ncnc(Oc2ccc(C(N)=O)cc2)c1C. The van der Waals surface area contributed by atoms with Crippen LogP contribution in [0, 0.1) is 6.92 Å². The number of carbonyl (C=O) groups is 1. The Hall–Kier alpha value is -2.63. The molecule has 0 bridgehead atoms. The van der Waals surface area contributed by atoms with Crippen LogP contribution in [-0.2, 0) is 0 Å². The molecule has 0 atom stereocenters. The Morgan fingerprint density at radius 3 is 2.60 bits per heavy atom. The van der Waals surface area contributed by atoms with Crippen LogP contribution in [0.25, 0.3) is 0 Å². The number of nitrogens with two attached hydrogens (primary N) is 1. The normalized spacial score (nSPS) is 10.1. The maximum absolute atomic E-state index is 11.0. The van der Waals surface area contributed by atoms with Gasteiger partial charge in [0.15, 0.2) is 0 Å². The molecular formula is C14H16N4O2. The van der Waals surface area contributed by atoms with Crippen LogP contribution < -0.4 is 15.8 Å². The highest BCUT2D eigenvalue weighted by Gasteiger charge is 2.09. The molecule has 1 amide bonds. The second kappa shape index (κ2) is 6.01. The summed E-state index contributed by atoms with van der Waals surface area (Å²) in [5, 5.41) is 3.13. The Labute approximate surface area is 117 Å². The summed E-state index contributed by atoms with van der Waals surface area (Å²) < 4.78 is 5.69. The van der Waals surface area contributed by atoms with Gasteiger partial charge in [-0.2, -0.15) is 0 Å². The van der Waals surface area contributed by atoms with E-state index >= 15 is 0 Å². The second-order valence-electron chi connectivity index (χ2n) is 4.17. The number of nitrogens with zero attached hydrogens (tertiary/aromatic N) is 2. The van der Waals surface area contributed by atoms with Gasteiger partial charge in [-0.25, -0.2) is 9.97 Å². The average molecular weight is 272 g/mol. The number of amides is 1. The molecular weight excluding hydrogens is 256 g/mol. The van der Waals surface area contributed by atoms with Crippen molar-refractivity contribution in [2.75, 3.05) is 11.9 Å². The fourth-order valence-electron chi connectivity index (χ4n) is 1.68. The van der Waals surface area contributed by atoms with Crippen LogP contribution in [0.2, 0.25) is 0 Å². The molecule has 0 unspecified atom stereocenters. The Morgan fingerprint density at radius 1 is 1.30 bits per heavy atom. The molecule has 1 aromatic carbocycles. The zero-order chi connectivity index (χ0) is 14.5. The number of ether oxygens (including phenoxy) is 1. The monoisotopic (exact) mass is 272 g/mol. The van der Waals surface area contributed by atoms with Crippen LogP contribution in [0.3, 0.4) is 0 Å². The van der Waals surface area contributed by atoms with Gasteiger partial charge < -0.3 is 15.8 Å². The van der Waals surface area contributed by atoms with E-state index in [1.165, 1.54) is 6.33 Å². The summed E-state index contributed by atoms with van der Waals surface area (Å²) in [6.45, 7) is 4.64. The molecule has 1 aromatic heterocycles. The number of hydrogen-bond acceptors (Lipinski definition) is 5. The van der Waals surface area contributed by atoms with E-state index in [4.69, 9.17) is 10.5 Å². The largest absolute Gasteiger partial charge is 0.439 e. The number of nitrogens with one attached hydrogen (secondary N) is 1. The van der Waals surface area contributed by atoms with E-state index in [2.05, 4.69) is 15.3 Å².